The lowest BCUT2D eigenvalue weighted by atomic mass is 10.1. The number of nitrogens with zero attached hydrogens (tertiary/aromatic N) is 2. The fourth-order valence-electron chi connectivity index (χ4n) is 2.87. The fraction of sp³-hybridized carbons (Fsp3) is 0.190. The SMILES string of the molecule is Cc1cccc(-n2ccnc2SCC(=O)NC(C(N)=O)c2ccccc2)c1C. The zero-order chi connectivity index (χ0) is 20.1. The van der Waals surface area contributed by atoms with Crippen LogP contribution in [0, 0.1) is 13.8 Å². The Balaban J connectivity index is 1.70. The van der Waals surface area contributed by atoms with Crippen LogP contribution in [0.15, 0.2) is 66.1 Å². The van der Waals surface area contributed by atoms with Crippen LogP contribution in [0.4, 0.5) is 0 Å². The number of aryl methyl sites for hydroxylation is 1. The van der Waals surface area contributed by atoms with Gasteiger partial charge in [0.2, 0.25) is 11.8 Å². The summed E-state index contributed by atoms with van der Waals surface area (Å²) in [5, 5.41) is 3.41. The highest BCUT2D eigenvalue weighted by Crippen LogP contribution is 2.24. The lowest BCUT2D eigenvalue weighted by Crippen LogP contribution is -2.38. The van der Waals surface area contributed by atoms with Gasteiger partial charge in [-0.25, -0.2) is 4.98 Å². The van der Waals surface area contributed by atoms with Crippen LogP contribution in [-0.4, -0.2) is 27.1 Å². The Bertz CT molecular complexity index is 985. The molecule has 1 aromatic heterocycles. The Morgan fingerprint density at radius 3 is 2.61 bits per heavy atom. The Kier molecular flexibility index (Phi) is 6.16. The van der Waals surface area contributed by atoms with Crippen LogP contribution in [0.25, 0.3) is 5.69 Å². The van der Waals surface area contributed by atoms with Crippen molar-refractivity contribution in [3.05, 3.63) is 77.6 Å². The number of nitrogens with one attached hydrogen (secondary N) is 1. The molecule has 0 saturated heterocycles. The van der Waals surface area contributed by atoms with Crippen LogP contribution >= 0.6 is 11.8 Å². The molecule has 0 bridgehead atoms. The molecule has 0 spiro atoms. The van der Waals surface area contributed by atoms with E-state index >= 15 is 0 Å². The zero-order valence-electron chi connectivity index (χ0n) is 15.8. The molecule has 6 nitrogen and oxygen atoms in total. The van der Waals surface area contributed by atoms with Gasteiger partial charge in [0.25, 0.3) is 0 Å². The molecule has 0 aliphatic heterocycles. The number of hydrogen-bond donors (Lipinski definition) is 2. The van der Waals surface area contributed by atoms with Crippen molar-refractivity contribution in [3.8, 4) is 5.69 Å². The number of benzene rings is 2. The van der Waals surface area contributed by atoms with E-state index in [0.29, 0.717) is 10.7 Å². The summed E-state index contributed by atoms with van der Waals surface area (Å²) >= 11 is 1.31. The molecule has 3 rings (SSSR count). The maximum Gasteiger partial charge on any atom is 0.244 e. The monoisotopic (exact) mass is 394 g/mol. The van der Waals surface area contributed by atoms with E-state index in [9.17, 15) is 9.59 Å². The van der Waals surface area contributed by atoms with Gasteiger partial charge in [-0.05, 0) is 36.6 Å². The number of aromatic nitrogens is 2. The van der Waals surface area contributed by atoms with Gasteiger partial charge in [0, 0.05) is 12.4 Å². The average molecular weight is 395 g/mol. The maximum atomic E-state index is 12.4. The van der Waals surface area contributed by atoms with Gasteiger partial charge in [0.05, 0.1) is 11.4 Å². The number of primary amides is 1. The highest BCUT2D eigenvalue weighted by Gasteiger charge is 2.20. The number of hydrogen-bond acceptors (Lipinski definition) is 4. The highest BCUT2D eigenvalue weighted by molar-refractivity contribution is 7.99. The van der Waals surface area contributed by atoms with Gasteiger partial charge in [0.15, 0.2) is 5.16 Å². The summed E-state index contributed by atoms with van der Waals surface area (Å²) in [6, 6.07) is 14.2. The molecule has 1 heterocycles. The number of imidazole rings is 1. The molecule has 0 fully saturated rings. The van der Waals surface area contributed by atoms with E-state index < -0.39 is 11.9 Å². The molecule has 7 heteroatoms. The van der Waals surface area contributed by atoms with Crippen molar-refractivity contribution in [3.63, 3.8) is 0 Å². The number of thioether (sulfide) groups is 1. The van der Waals surface area contributed by atoms with Crippen LogP contribution in [0.1, 0.15) is 22.7 Å². The summed E-state index contributed by atoms with van der Waals surface area (Å²) in [5.41, 5.74) is 9.49. The topological polar surface area (TPSA) is 90.0 Å². The van der Waals surface area contributed by atoms with Gasteiger partial charge in [-0.1, -0.05) is 54.2 Å². The van der Waals surface area contributed by atoms with Crippen molar-refractivity contribution in [1.82, 2.24) is 14.9 Å². The zero-order valence-corrected chi connectivity index (χ0v) is 16.6. The molecule has 3 aromatic rings. The maximum absolute atomic E-state index is 12.4. The standard InChI is InChI=1S/C21H22N4O2S/c1-14-7-6-10-17(15(14)2)25-12-11-23-21(25)28-13-18(26)24-19(20(22)27)16-8-4-3-5-9-16/h3-12,19H,13H2,1-2H3,(H2,22,27)(H,24,26). The van der Waals surface area contributed by atoms with E-state index in [1.165, 1.54) is 17.3 Å². The van der Waals surface area contributed by atoms with E-state index in [-0.39, 0.29) is 11.7 Å². The molecule has 28 heavy (non-hydrogen) atoms. The molecule has 0 radical (unpaired) electrons. The Morgan fingerprint density at radius 1 is 1.14 bits per heavy atom. The predicted molar refractivity (Wildman–Crippen MR) is 110 cm³/mol. The third-order valence-corrected chi connectivity index (χ3v) is 5.46. The van der Waals surface area contributed by atoms with E-state index in [1.54, 1.807) is 30.5 Å². The van der Waals surface area contributed by atoms with Crippen LogP contribution in [0.2, 0.25) is 0 Å². The van der Waals surface area contributed by atoms with Crippen molar-refractivity contribution in [1.29, 1.82) is 0 Å². The first kappa shape index (κ1) is 19.7. The van der Waals surface area contributed by atoms with Crippen molar-refractivity contribution >= 4 is 23.6 Å². The van der Waals surface area contributed by atoms with Crippen LogP contribution in [0.3, 0.4) is 0 Å². The number of carbonyl (C=O) groups is 2. The summed E-state index contributed by atoms with van der Waals surface area (Å²) in [5.74, 6) is -0.756. The van der Waals surface area contributed by atoms with Gasteiger partial charge >= 0.3 is 0 Å². The minimum atomic E-state index is -0.854. The second-order valence-corrected chi connectivity index (χ2v) is 7.34. The van der Waals surface area contributed by atoms with Gasteiger partial charge < -0.3 is 11.1 Å². The molecule has 1 unspecified atom stereocenters. The number of amides is 2. The average Bonchev–Trinajstić information content (AvgIpc) is 3.15. The predicted octanol–water partition coefficient (Wildman–Crippen LogP) is 2.92. The summed E-state index contributed by atoms with van der Waals surface area (Å²) in [6.07, 6.45) is 3.58. The first-order valence-corrected chi connectivity index (χ1v) is 9.82. The Labute approximate surface area is 168 Å². The summed E-state index contributed by atoms with van der Waals surface area (Å²) in [4.78, 5) is 28.5. The summed E-state index contributed by atoms with van der Waals surface area (Å²) < 4.78 is 1.96. The van der Waals surface area contributed by atoms with E-state index in [4.69, 9.17) is 5.73 Å². The largest absolute Gasteiger partial charge is 0.368 e. The third kappa shape index (κ3) is 4.43. The Morgan fingerprint density at radius 2 is 1.89 bits per heavy atom. The molecule has 0 aliphatic carbocycles. The first-order valence-electron chi connectivity index (χ1n) is 8.83. The van der Waals surface area contributed by atoms with Crippen molar-refractivity contribution < 1.29 is 9.59 Å². The van der Waals surface area contributed by atoms with Gasteiger partial charge in [-0.15, -0.1) is 0 Å². The van der Waals surface area contributed by atoms with Gasteiger partial charge in [-0.2, -0.15) is 0 Å². The summed E-state index contributed by atoms with van der Waals surface area (Å²) in [7, 11) is 0. The van der Waals surface area contributed by atoms with Crippen molar-refractivity contribution in [2.45, 2.75) is 25.0 Å². The van der Waals surface area contributed by atoms with Crippen LogP contribution in [0.5, 0.6) is 0 Å². The lowest BCUT2D eigenvalue weighted by Gasteiger charge is -2.16. The third-order valence-electron chi connectivity index (χ3n) is 4.50. The van der Waals surface area contributed by atoms with E-state index in [1.807, 2.05) is 29.0 Å². The van der Waals surface area contributed by atoms with Gasteiger partial charge in [0.1, 0.15) is 6.04 Å². The number of carbonyl (C=O) groups excluding carboxylic acids is 2. The number of nitrogens with two attached hydrogens (primary N) is 1. The van der Waals surface area contributed by atoms with E-state index in [0.717, 1.165) is 11.3 Å². The fourth-order valence-corrected chi connectivity index (χ4v) is 3.65. The first-order chi connectivity index (χ1) is 13.5. The second kappa shape index (κ2) is 8.75. The van der Waals surface area contributed by atoms with Crippen LogP contribution < -0.4 is 11.1 Å². The van der Waals surface area contributed by atoms with Crippen molar-refractivity contribution in [2.75, 3.05) is 5.75 Å². The minimum absolute atomic E-state index is 0.124. The van der Waals surface area contributed by atoms with Gasteiger partial charge in [-0.3, -0.25) is 14.2 Å². The highest BCUT2D eigenvalue weighted by atomic mass is 32.2. The molecule has 2 amide bonds. The molecule has 0 saturated carbocycles. The summed E-state index contributed by atoms with van der Waals surface area (Å²) in [6.45, 7) is 4.12. The van der Waals surface area contributed by atoms with Crippen LogP contribution in [-0.2, 0) is 9.59 Å². The lowest BCUT2D eigenvalue weighted by molar-refractivity contribution is -0.126. The quantitative estimate of drug-likeness (QED) is 0.603. The molecular weight excluding hydrogens is 372 g/mol. The van der Waals surface area contributed by atoms with Crippen molar-refractivity contribution in [2.24, 2.45) is 5.73 Å². The molecule has 2 aromatic carbocycles. The molecule has 1 atom stereocenters. The number of rotatable bonds is 7. The molecule has 144 valence electrons. The smallest absolute Gasteiger partial charge is 0.244 e. The van der Waals surface area contributed by atoms with E-state index in [2.05, 4.69) is 30.2 Å². The second-order valence-electron chi connectivity index (χ2n) is 6.40. The minimum Gasteiger partial charge on any atom is -0.368 e. The molecule has 0 aliphatic rings. The molecule has 3 N–H and O–H groups in total. The normalized spacial score (nSPS) is 11.8. The molecular formula is C21H22N4O2S. The Hall–Kier alpha value is -3.06.